The van der Waals surface area contributed by atoms with Gasteiger partial charge in [-0.05, 0) is 47.5 Å². The highest BCUT2D eigenvalue weighted by atomic mass is 16.6. The molecule has 2 saturated heterocycles. The zero-order valence-electron chi connectivity index (χ0n) is 15.0. The van der Waals surface area contributed by atoms with Crippen LogP contribution in [0.2, 0.25) is 0 Å². The summed E-state index contributed by atoms with van der Waals surface area (Å²) in [6, 6.07) is 0.241. The highest BCUT2D eigenvalue weighted by molar-refractivity contribution is 5.80. The van der Waals surface area contributed by atoms with E-state index in [-0.39, 0.29) is 30.0 Å². The van der Waals surface area contributed by atoms with Gasteiger partial charge in [0.05, 0.1) is 25.3 Å². The van der Waals surface area contributed by atoms with Gasteiger partial charge in [-0.2, -0.15) is 0 Å². The van der Waals surface area contributed by atoms with Gasteiger partial charge in [0.1, 0.15) is 5.60 Å². The van der Waals surface area contributed by atoms with Gasteiger partial charge in [0, 0.05) is 19.0 Å². The second kappa shape index (κ2) is 7.07. The minimum Gasteiger partial charge on any atom is -0.444 e. The van der Waals surface area contributed by atoms with Crippen LogP contribution >= 0.6 is 0 Å². The number of likely N-dealkylation sites (tertiary alicyclic amines) is 1. The van der Waals surface area contributed by atoms with Crippen molar-refractivity contribution in [2.24, 2.45) is 5.92 Å². The van der Waals surface area contributed by atoms with Crippen molar-refractivity contribution in [3.63, 3.8) is 0 Å². The molecule has 0 radical (unpaired) electrons. The van der Waals surface area contributed by atoms with Gasteiger partial charge in [0.25, 0.3) is 0 Å². The monoisotopic (exact) mass is 326 g/mol. The van der Waals surface area contributed by atoms with Crippen LogP contribution in [-0.2, 0) is 14.3 Å². The third kappa shape index (κ3) is 4.59. The molecular formula is C17H30N2O4. The summed E-state index contributed by atoms with van der Waals surface area (Å²) in [5.74, 6) is 0.203. The van der Waals surface area contributed by atoms with Gasteiger partial charge in [0.2, 0.25) is 5.91 Å². The molecule has 2 heterocycles. The summed E-state index contributed by atoms with van der Waals surface area (Å²) in [6.45, 7) is 12.0. The number of carbonyl (C=O) groups excluding carboxylic acids is 2. The zero-order valence-corrected chi connectivity index (χ0v) is 15.0. The van der Waals surface area contributed by atoms with Crippen molar-refractivity contribution in [1.29, 1.82) is 0 Å². The number of ether oxygens (including phenoxy) is 2. The topological polar surface area (TPSA) is 59.1 Å². The fourth-order valence-corrected chi connectivity index (χ4v) is 3.28. The maximum atomic E-state index is 12.8. The highest BCUT2D eigenvalue weighted by Gasteiger charge is 2.36. The molecule has 2 amide bonds. The van der Waals surface area contributed by atoms with Crippen LogP contribution < -0.4 is 0 Å². The third-order valence-corrected chi connectivity index (χ3v) is 4.42. The number of amides is 2. The van der Waals surface area contributed by atoms with Crippen molar-refractivity contribution in [2.45, 2.75) is 65.1 Å². The summed E-state index contributed by atoms with van der Waals surface area (Å²) >= 11 is 0. The van der Waals surface area contributed by atoms with E-state index in [1.807, 2.05) is 39.5 Å². The summed E-state index contributed by atoms with van der Waals surface area (Å²) in [7, 11) is 0. The van der Waals surface area contributed by atoms with E-state index < -0.39 is 5.60 Å². The van der Waals surface area contributed by atoms with Crippen molar-refractivity contribution in [3.05, 3.63) is 0 Å². The first-order valence-electron chi connectivity index (χ1n) is 8.57. The minimum absolute atomic E-state index is 0.00307. The molecule has 0 aromatic heterocycles. The molecule has 2 aliphatic heterocycles. The molecule has 2 atom stereocenters. The quantitative estimate of drug-likeness (QED) is 0.742. The molecule has 2 unspecified atom stereocenters. The van der Waals surface area contributed by atoms with Crippen LogP contribution in [0, 0.1) is 5.92 Å². The number of morpholine rings is 1. The summed E-state index contributed by atoms with van der Waals surface area (Å²) in [4.78, 5) is 28.6. The lowest BCUT2D eigenvalue weighted by molar-refractivity contribution is -0.150. The molecule has 6 nitrogen and oxygen atoms in total. The summed E-state index contributed by atoms with van der Waals surface area (Å²) in [5, 5.41) is 0. The van der Waals surface area contributed by atoms with Crippen molar-refractivity contribution < 1.29 is 19.1 Å². The average molecular weight is 326 g/mol. The molecule has 0 spiro atoms. The van der Waals surface area contributed by atoms with E-state index in [9.17, 15) is 9.59 Å². The summed E-state index contributed by atoms with van der Waals surface area (Å²) in [6.07, 6.45) is 1.13. The van der Waals surface area contributed by atoms with E-state index in [0.29, 0.717) is 39.1 Å². The second-order valence-corrected chi connectivity index (χ2v) is 7.72. The molecule has 2 fully saturated rings. The Labute approximate surface area is 139 Å². The fourth-order valence-electron chi connectivity index (χ4n) is 3.28. The maximum absolute atomic E-state index is 12.8. The molecule has 2 aliphatic rings. The lowest BCUT2D eigenvalue weighted by atomic mass is 9.94. The first-order valence-corrected chi connectivity index (χ1v) is 8.57. The molecule has 132 valence electrons. The van der Waals surface area contributed by atoms with Crippen LogP contribution in [0.1, 0.15) is 47.5 Å². The number of carbonyl (C=O) groups is 2. The first-order chi connectivity index (χ1) is 10.7. The smallest absolute Gasteiger partial charge is 0.410 e. The normalized spacial score (nSPS) is 27.0. The van der Waals surface area contributed by atoms with Crippen molar-refractivity contribution in [1.82, 2.24) is 9.80 Å². The molecule has 0 aliphatic carbocycles. The average Bonchev–Trinajstić information content (AvgIpc) is 2.45. The van der Waals surface area contributed by atoms with E-state index in [0.717, 1.165) is 0 Å². The lowest BCUT2D eigenvalue weighted by Gasteiger charge is -2.42. The molecule has 6 heteroatoms. The van der Waals surface area contributed by atoms with Crippen LogP contribution in [0.15, 0.2) is 0 Å². The minimum atomic E-state index is -0.484. The highest BCUT2D eigenvalue weighted by Crippen LogP contribution is 2.25. The summed E-state index contributed by atoms with van der Waals surface area (Å²) in [5.41, 5.74) is -0.484. The van der Waals surface area contributed by atoms with Crippen LogP contribution in [0.5, 0.6) is 0 Å². The van der Waals surface area contributed by atoms with E-state index in [4.69, 9.17) is 9.47 Å². The number of piperidine rings is 1. The van der Waals surface area contributed by atoms with Crippen LogP contribution in [0.4, 0.5) is 4.79 Å². The molecule has 0 aromatic rings. The van der Waals surface area contributed by atoms with Gasteiger partial charge in [-0.25, -0.2) is 4.79 Å². The maximum Gasteiger partial charge on any atom is 0.410 e. The molecule has 23 heavy (non-hydrogen) atoms. The van der Waals surface area contributed by atoms with E-state index in [2.05, 4.69) is 0 Å². The lowest BCUT2D eigenvalue weighted by Crippen LogP contribution is -2.55. The van der Waals surface area contributed by atoms with Crippen molar-refractivity contribution in [3.8, 4) is 0 Å². The van der Waals surface area contributed by atoms with Crippen LogP contribution in [0.25, 0.3) is 0 Å². The SMILES string of the molecule is CC1COCC(C)N1C(=O)C1CCN(C(=O)OC(C)(C)C)CC1. The Morgan fingerprint density at radius 2 is 1.57 bits per heavy atom. The van der Waals surface area contributed by atoms with Gasteiger partial charge in [-0.3, -0.25) is 4.79 Å². The number of hydrogen-bond acceptors (Lipinski definition) is 4. The van der Waals surface area contributed by atoms with Crippen molar-refractivity contribution >= 4 is 12.0 Å². The Kier molecular flexibility index (Phi) is 5.55. The third-order valence-electron chi connectivity index (χ3n) is 4.42. The van der Waals surface area contributed by atoms with Crippen LogP contribution in [-0.4, -0.2) is 65.8 Å². The van der Waals surface area contributed by atoms with Gasteiger partial charge in [-0.1, -0.05) is 0 Å². The first kappa shape index (κ1) is 18.0. The van der Waals surface area contributed by atoms with Gasteiger partial charge in [-0.15, -0.1) is 0 Å². The molecule has 2 rings (SSSR count). The second-order valence-electron chi connectivity index (χ2n) is 7.72. The molecular weight excluding hydrogens is 296 g/mol. The standard InChI is InChI=1S/C17H30N2O4/c1-12-10-22-11-13(2)19(12)15(20)14-6-8-18(9-7-14)16(21)23-17(3,4)5/h12-14H,6-11H2,1-5H3. The van der Waals surface area contributed by atoms with Crippen molar-refractivity contribution in [2.75, 3.05) is 26.3 Å². The van der Waals surface area contributed by atoms with E-state index >= 15 is 0 Å². The molecule has 0 bridgehead atoms. The Balaban J connectivity index is 1.88. The Morgan fingerprint density at radius 1 is 1.04 bits per heavy atom. The predicted molar refractivity (Wildman–Crippen MR) is 87.1 cm³/mol. The number of hydrogen-bond donors (Lipinski definition) is 0. The number of nitrogens with zero attached hydrogens (tertiary/aromatic N) is 2. The molecule has 0 N–H and O–H groups in total. The van der Waals surface area contributed by atoms with Gasteiger partial charge >= 0.3 is 6.09 Å². The Morgan fingerprint density at radius 3 is 2.04 bits per heavy atom. The number of rotatable bonds is 1. The van der Waals surface area contributed by atoms with Gasteiger partial charge < -0.3 is 19.3 Å². The largest absolute Gasteiger partial charge is 0.444 e. The van der Waals surface area contributed by atoms with Gasteiger partial charge in [0.15, 0.2) is 0 Å². The predicted octanol–water partition coefficient (Wildman–Crippen LogP) is 2.27. The van der Waals surface area contributed by atoms with E-state index in [1.54, 1.807) is 4.90 Å². The Bertz CT molecular complexity index is 428. The molecule has 0 aromatic carbocycles. The Hall–Kier alpha value is -1.30. The van der Waals surface area contributed by atoms with E-state index in [1.165, 1.54) is 0 Å². The van der Waals surface area contributed by atoms with Crippen LogP contribution in [0.3, 0.4) is 0 Å². The summed E-state index contributed by atoms with van der Waals surface area (Å²) < 4.78 is 10.9. The zero-order chi connectivity index (χ0) is 17.2. The molecule has 0 saturated carbocycles. The fraction of sp³-hybridized carbons (Fsp3) is 0.882.